The van der Waals surface area contributed by atoms with Gasteiger partial charge in [-0.25, -0.2) is 4.98 Å². The van der Waals surface area contributed by atoms with E-state index in [1.54, 1.807) is 0 Å². The molecule has 2 atom stereocenters. The zero-order chi connectivity index (χ0) is 22.9. The van der Waals surface area contributed by atoms with E-state index in [-0.39, 0.29) is 0 Å². The Kier molecular flexibility index (Phi) is 6.34. The Morgan fingerprint density at radius 1 is 1.09 bits per heavy atom. The lowest BCUT2D eigenvalue weighted by atomic mass is 9.94. The number of hydrogen-bond acceptors (Lipinski definition) is 7. The van der Waals surface area contributed by atoms with Crippen LogP contribution in [-0.4, -0.2) is 53.0 Å². The maximum absolute atomic E-state index is 5.67. The van der Waals surface area contributed by atoms with Crippen LogP contribution in [0.3, 0.4) is 0 Å². The highest BCUT2D eigenvalue weighted by molar-refractivity contribution is 5.92. The number of benzene rings is 1. The van der Waals surface area contributed by atoms with Gasteiger partial charge in [0.1, 0.15) is 5.82 Å². The van der Waals surface area contributed by atoms with Crippen molar-refractivity contribution < 1.29 is 9.26 Å². The second-order valence-electron chi connectivity index (χ2n) is 9.60. The van der Waals surface area contributed by atoms with Crippen LogP contribution in [0.1, 0.15) is 56.5 Å². The van der Waals surface area contributed by atoms with Crippen molar-refractivity contribution in [2.24, 2.45) is 0 Å². The number of piperidine rings is 1. The summed E-state index contributed by atoms with van der Waals surface area (Å²) in [5.41, 5.74) is 4.46. The van der Waals surface area contributed by atoms with Crippen molar-refractivity contribution >= 4 is 16.7 Å². The average molecular weight is 450 g/mol. The van der Waals surface area contributed by atoms with E-state index in [2.05, 4.69) is 59.3 Å². The number of ether oxygens (including phenoxy) is 1. The molecule has 1 aromatic carbocycles. The van der Waals surface area contributed by atoms with Gasteiger partial charge in [0, 0.05) is 43.3 Å². The van der Waals surface area contributed by atoms with Gasteiger partial charge >= 0.3 is 0 Å². The van der Waals surface area contributed by atoms with Crippen LogP contribution in [0.5, 0.6) is 0 Å². The molecule has 2 aliphatic rings. The molecule has 3 aromatic rings. The van der Waals surface area contributed by atoms with Crippen LogP contribution in [-0.2, 0) is 11.2 Å². The molecular formula is C26H35N5O2. The number of hydrogen-bond donors (Lipinski definition) is 1. The first kappa shape index (κ1) is 22.3. The zero-order valence-electron chi connectivity index (χ0n) is 20.2. The minimum atomic E-state index is 0.359. The molecule has 5 rings (SSSR count). The standard InChI is InChI=1S/C26H35N5O2/c1-5-19-6-7-23-22(15-19)17(3)24(26-27-18(4)30-33-26)25(29-23)31-11-8-21(14-16(31)2)28-20-9-12-32-13-10-20/h6-7,15-16,20-21,28H,5,8-14H2,1-4H3. The Hall–Kier alpha value is -2.51. The van der Waals surface area contributed by atoms with Gasteiger partial charge in [0.25, 0.3) is 5.89 Å². The number of nitrogens with zero attached hydrogens (tertiary/aromatic N) is 4. The summed E-state index contributed by atoms with van der Waals surface area (Å²) in [5, 5.41) is 9.13. The highest BCUT2D eigenvalue weighted by Crippen LogP contribution is 2.38. The quantitative estimate of drug-likeness (QED) is 0.610. The summed E-state index contributed by atoms with van der Waals surface area (Å²) in [7, 11) is 0. The van der Waals surface area contributed by atoms with Crippen molar-refractivity contribution in [1.82, 2.24) is 20.4 Å². The Morgan fingerprint density at radius 3 is 2.61 bits per heavy atom. The molecule has 0 saturated carbocycles. The number of fused-ring (bicyclic) bond motifs is 1. The Morgan fingerprint density at radius 2 is 1.91 bits per heavy atom. The molecule has 0 spiro atoms. The average Bonchev–Trinajstić information content (AvgIpc) is 3.25. The minimum absolute atomic E-state index is 0.359. The summed E-state index contributed by atoms with van der Waals surface area (Å²) in [4.78, 5) is 12.2. The molecule has 0 aliphatic carbocycles. The summed E-state index contributed by atoms with van der Waals surface area (Å²) in [5.74, 6) is 2.17. The van der Waals surface area contributed by atoms with Crippen LogP contribution < -0.4 is 10.2 Å². The minimum Gasteiger partial charge on any atom is -0.381 e. The van der Waals surface area contributed by atoms with Gasteiger partial charge in [-0.15, -0.1) is 0 Å². The van der Waals surface area contributed by atoms with Crippen LogP contribution >= 0.6 is 0 Å². The van der Waals surface area contributed by atoms with Crippen molar-refractivity contribution in [3.63, 3.8) is 0 Å². The van der Waals surface area contributed by atoms with Gasteiger partial charge in [0.05, 0.1) is 11.1 Å². The van der Waals surface area contributed by atoms with Gasteiger partial charge in [-0.05, 0) is 76.1 Å². The van der Waals surface area contributed by atoms with E-state index in [0.717, 1.165) is 79.7 Å². The zero-order valence-corrected chi connectivity index (χ0v) is 20.2. The summed E-state index contributed by atoms with van der Waals surface area (Å²) in [6.07, 6.45) is 5.41. The topological polar surface area (TPSA) is 76.3 Å². The van der Waals surface area contributed by atoms with Crippen LogP contribution in [0.25, 0.3) is 22.4 Å². The maximum Gasteiger partial charge on any atom is 0.261 e. The Labute approximate surface area is 195 Å². The van der Waals surface area contributed by atoms with Gasteiger partial charge < -0.3 is 19.5 Å². The molecule has 33 heavy (non-hydrogen) atoms. The van der Waals surface area contributed by atoms with Crippen LogP contribution in [0.2, 0.25) is 0 Å². The van der Waals surface area contributed by atoms with Crippen LogP contribution in [0.15, 0.2) is 22.7 Å². The molecule has 2 aliphatic heterocycles. The number of nitrogens with one attached hydrogen (secondary N) is 1. The Bertz CT molecular complexity index is 1120. The molecular weight excluding hydrogens is 414 g/mol. The third-order valence-electron chi connectivity index (χ3n) is 7.28. The SMILES string of the molecule is CCc1ccc2nc(N3CCC(NC4CCOCC4)CC3C)c(-c3nc(C)no3)c(C)c2c1. The van der Waals surface area contributed by atoms with Gasteiger partial charge in [-0.1, -0.05) is 18.1 Å². The fraction of sp³-hybridized carbons (Fsp3) is 0.577. The molecule has 176 valence electrons. The molecule has 2 saturated heterocycles. The van der Waals surface area contributed by atoms with E-state index >= 15 is 0 Å². The summed E-state index contributed by atoms with van der Waals surface area (Å²) in [6.45, 7) is 11.2. The lowest BCUT2D eigenvalue weighted by molar-refractivity contribution is 0.0733. The first-order valence-corrected chi connectivity index (χ1v) is 12.4. The predicted octanol–water partition coefficient (Wildman–Crippen LogP) is 4.59. The summed E-state index contributed by atoms with van der Waals surface area (Å²) < 4.78 is 11.2. The van der Waals surface area contributed by atoms with Gasteiger partial charge in [-0.3, -0.25) is 0 Å². The number of anilines is 1. The van der Waals surface area contributed by atoms with Gasteiger partial charge in [0.2, 0.25) is 0 Å². The number of pyridine rings is 1. The third-order valence-corrected chi connectivity index (χ3v) is 7.28. The van der Waals surface area contributed by atoms with E-state index in [1.807, 2.05) is 6.92 Å². The largest absolute Gasteiger partial charge is 0.381 e. The Balaban J connectivity index is 1.49. The molecule has 7 heteroatoms. The van der Waals surface area contributed by atoms with Crippen molar-refractivity contribution in [2.45, 2.75) is 77.9 Å². The van der Waals surface area contributed by atoms with E-state index in [0.29, 0.717) is 29.8 Å². The van der Waals surface area contributed by atoms with Crippen molar-refractivity contribution in [3.8, 4) is 11.5 Å². The molecule has 1 N–H and O–H groups in total. The third kappa shape index (κ3) is 4.49. The second-order valence-corrected chi connectivity index (χ2v) is 9.60. The highest BCUT2D eigenvalue weighted by Gasteiger charge is 2.32. The van der Waals surface area contributed by atoms with E-state index in [9.17, 15) is 0 Å². The predicted molar refractivity (Wildman–Crippen MR) is 131 cm³/mol. The van der Waals surface area contributed by atoms with Gasteiger partial charge in [-0.2, -0.15) is 4.98 Å². The van der Waals surface area contributed by atoms with E-state index in [1.165, 1.54) is 5.56 Å². The van der Waals surface area contributed by atoms with E-state index in [4.69, 9.17) is 14.2 Å². The van der Waals surface area contributed by atoms with Crippen molar-refractivity contribution in [3.05, 3.63) is 35.2 Å². The number of aromatic nitrogens is 3. The lowest BCUT2D eigenvalue weighted by Crippen LogP contribution is -2.51. The molecule has 2 fully saturated rings. The van der Waals surface area contributed by atoms with Crippen LogP contribution in [0, 0.1) is 13.8 Å². The van der Waals surface area contributed by atoms with Gasteiger partial charge in [0.15, 0.2) is 5.82 Å². The molecule has 2 aromatic heterocycles. The molecule has 0 bridgehead atoms. The molecule has 7 nitrogen and oxygen atoms in total. The monoisotopic (exact) mass is 449 g/mol. The molecule has 4 heterocycles. The van der Waals surface area contributed by atoms with Crippen molar-refractivity contribution in [1.29, 1.82) is 0 Å². The lowest BCUT2D eigenvalue weighted by Gasteiger charge is -2.41. The summed E-state index contributed by atoms with van der Waals surface area (Å²) in [6, 6.07) is 8.05. The smallest absolute Gasteiger partial charge is 0.261 e. The second kappa shape index (κ2) is 9.39. The van der Waals surface area contributed by atoms with E-state index < -0.39 is 0 Å². The molecule has 2 unspecified atom stereocenters. The fourth-order valence-electron chi connectivity index (χ4n) is 5.37. The number of aryl methyl sites for hydroxylation is 3. The highest BCUT2D eigenvalue weighted by atomic mass is 16.5. The van der Waals surface area contributed by atoms with Crippen molar-refractivity contribution in [2.75, 3.05) is 24.7 Å². The normalized spacial score (nSPS) is 22.2. The number of rotatable bonds is 5. The van der Waals surface area contributed by atoms with Crippen LogP contribution in [0.4, 0.5) is 5.82 Å². The first-order chi connectivity index (χ1) is 16.0. The fourth-order valence-corrected chi connectivity index (χ4v) is 5.37. The molecule has 0 amide bonds. The molecule has 0 radical (unpaired) electrons. The summed E-state index contributed by atoms with van der Waals surface area (Å²) >= 11 is 0. The maximum atomic E-state index is 5.67. The first-order valence-electron chi connectivity index (χ1n) is 12.4.